The largest absolute Gasteiger partial charge is 0.319 e. The lowest BCUT2D eigenvalue weighted by Gasteiger charge is -2.25. The molecular weight excluding hydrogens is 224 g/mol. The summed E-state index contributed by atoms with van der Waals surface area (Å²) in [7, 11) is 0. The molecule has 18 heavy (non-hydrogen) atoms. The van der Waals surface area contributed by atoms with Gasteiger partial charge in [-0.3, -0.25) is 0 Å². The summed E-state index contributed by atoms with van der Waals surface area (Å²) >= 11 is 0. The predicted octanol–water partition coefficient (Wildman–Crippen LogP) is 2.74. The molecule has 3 rings (SSSR count). The molecule has 0 radical (unpaired) electrons. The second-order valence-electron chi connectivity index (χ2n) is 5.61. The van der Waals surface area contributed by atoms with Gasteiger partial charge in [-0.25, -0.2) is 9.97 Å². The van der Waals surface area contributed by atoms with Gasteiger partial charge in [0.25, 0.3) is 0 Å². The van der Waals surface area contributed by atoms with E-state index in [0.717, 1.165) is 29.8 Å². The predicted molar refractivity (Wildman–Crippen MR) is 72.2 cm³/mol. The summed E-state index contributed by atoms with van der Waals surface area (Å²) in [6.07, 6.45) is 6.28. The van der Waals surface area contributed by atoms with Gasteiger partial charge in [0.2, 0.25) is 0 Å². The fourth-order valence-electron chi connectivity index (χ4n) is 3.00. The molecule has 0 atom stereocenters. The summed E-state index contributed by atoms with van der Waals surface area (Å²) in [4.78, 5) is 9.23. The molecule has 4 nitrogen and oxygen atoms in total. The molecule has 0 aromatic carbocycles. The maximum atomic E-state index is 6.57. The molecule has 1 aliphatic carbocycles. The molecule has 0 aliphatic heterocycles. The van der Waals surface area contributed by atoms with Gasteiger partial charge in [0.1, 0.15) is 11.3 Å². The molecule has 1 fully saturated rings. The van der Waals surface area contributed by atoms with Crippen molar-refractivity contribution < 1.29 is 0 Å². The normalized spacial score (nSPS) is 18.9. The molecule has 0 spiro atoms. The van der Waals surface area contributed by atoms with Gasteiger partial charge in [0.05, 0.1) is 5.54 Å². The Morgan fingerprint density at radius 3 is 2.72 bits per heavy atom. The van der Waals surface area contributed by atoms with E-state index in [-0.39, 0.29) is 5.54 Å². The lowest BCUT2D eigenvalue weighted by Crippen LogP contribution is -2.36. The highest BCUT2D eigenvalue weighted by molar-refractivity contribution is 5.71. The minimum Gasteiger partial charge on any atom is -0.319 e. The molecule has 1 saturated carbocycles. The third-order valence-corrected chi connectivity index (χ3v) is 3.91. The van der Waals surface area contributed by atoms with Gasteiger partial charge in [0, 0.05) is 12.2 Å². The molecule has 2 heterocycles. The van der Waals surface area contributed by atoms with Gasteiger partial charge in [-0.15, -0.1) is 0 Å². The number of rotatable bonds is 2. The van der Waals surface area contributed by atoms with Crippen LogP contribution in [0.2, 0.25) is 0 Å². The van der Waals surface area contributed by atoms with Crippen molar-refractivity contribution in [3.05, 3.63) is 24.2 Å². The first-order chi connectivity index (χ1) is 8.62. The number of nitrogens with two attached hydrogens (primary N) is 1. The Kier molecular flexibility index (Phi) is 2.63. The average Bonchev–Trinajstić information content (AvgIpc) is 2.93. The van der Waals surface area contributed by atoms with Crippen molar-refractivity contribution >= 4 is 11.2 Å². The molecule has 2 aromatic rings. The van der Waals surface area contributed by atoms with Gasteiger partial charge < -0.3 is 10.3 Å². The molecule has 0 bridgehead atoms. The van der Waals surface area contributed by atoms with Crippen molar-refractivity contribution in [2.24, 2.45) is 5.73 Å². The van der Waals surface area contributed by atoms with Crippen molar-refractivity contribution in [1.29, 1.82) is 0 Å². The Morgan fingerprint density at radius 2 is 2.06 bits per heavy atom. The number of pyridine rings is 1. The highest BCUT2D eigenvalue weighted by atomic mass is 15.2. The van der Waals surface area contributed by atoms with Crippen LogP contribution in [0.4, 0.5) is 0 Å². The maximum Gasteiger partial charge on any atom is 0.160 e. The van der Waals surface area contributed by atoms with Crippen molar-refractivity contribution in [2.45, 2.75) is 51.1 Å². The van der Waals surface area contributed by atoms with Crippen LogP contribution in [-0.2, 0) is 5.54 Å². The lowest BCUT2D eigenvalue weighted by molar-refractivity contribution is 0.397. The van der Waals surface area contributed by atoms with E-state index < -0.39 is 0 Å². The summed E-state index contributed by atoms with van der Waals surface area (Å²) in [5.74, 6) is 1.02. The zero-order valence-corrected chi connectivity index (χ0v) is 11.1. The number of imidazole rings is 1. The van der Waals surface area contributed by atoms with E-state index in [2.05, 4.69) is 23.4 Å². The molecule has 2 N–H and O–H groups in total. The standard InChI is InChI=1S/C14H20N4/c1-10(2)18-12-11(6-5-9-16-12)17-13(18)14(15)7-3-4-8-14/h5-6,9-10H,3-4,7-8,15H2,1-2H3. The molecule has 2 aromatic heterocycles. The Balaban J connectivity index is 2.24. The van der Waals surface area contributed by atoms with Crippen LogP contribution in [-0.4, -0.2) is 14.5 Å². The van der Waals surface area contributed by atoms with Crippen LogP contribution in [0.15, 0.2) is 18.3 Å². The van der Waals surface area contributed by atoms with E-state index in [1.165, 1.54) is 12.8 Å². The third-order valence-electron chi connectivity index (χ3n) is 3.91. The fraction of sp³-hybridized carbons (Fsp3) is 0.571. The number of nitrogens with zero attached hydrogens (tertiary/aromatic N) is 3. The van der Waals surface area contributed by atoms with Crippen LogP contribution in [0.3, 0.4) is 0 Å². The Hall–Kier alpha value is -1.42. The zero-order chi connectivity index (χ0) is 12.8. The van der Waals surface area contributed by atoms with Crippen molar-refractivity contribution in [2.75, 3.05) is 0 Å². The van der Waals surface area contributed by atoms with Gasteiger partial charge in [-0.1, -0.05) is 12.8 Å². The van der Waals surface area contributed by atoms with Crippen LogP contribution in [0, 0.1) is 0 Å². The van der Waals surface area contributed by atoms with Gasteiger partial charge in [-0.05, 0) is 38.8 Å². The van der Waals surface area contributed by atoms with E-state index in [0.29, 0.717) is 6.04 Å². The van der Waals surface area contributed by atoms with Crippen LogP contribution in [0.5, 0.6) is 0 Å². The highest BCUT2D eigenvalue weighted by Gasteiger charge is 2.36. The first-order valence-electron chi connectivity index (χ1n) is 6.74. The summed E-state index contributed by atoms with van der Waals surface area (Å²) in [5, 5.41) is 0. The highest BCUT2D eigenvalue weighted by Crippen LogP contribution is 2.37. The first kappa shape index (κ1) is 11.7. The van der Waals surface area contributed by atoms with Crippen LogP contribution in [0.25, 0.3) is 11.2 Å². The van der Waals surface area contributed by atoms with Gasteiger partial charge in [0.15, 0.2) is 5.65 Å². The van der Waals surface area contributed by atoms with E-state index in [1.54, 1.807) is 0 Å². The van der Waals surface area contributed by atoms with Crippen molar-refractivity contribution in [1.82, 2.24) is 14.5 Å². The fourth-order valence-corrected chi connectivity index (χ4v) is 3.00. The topological polar surface area (TPSA) is 56.7 Å². The van der Waals surface area contributed by atoms with Gasteiger partial charge in [-0.2, -0.15) is 0 Å². The molecule has 0 amide bonds. The molecule has 96 valence electrons. The summed E-state index contributed by atoms with van der Waals surface area (Å²) in [5.41, 5.74) is 8.23. The first-order valence-corrected chi connectivity index (χ1v) is 6.74. The lowest BCUT2D eigenvalue weighted by atomic mass is 9.98. The summed E-state index contributed by atoms with van der Waals surface area (Å²) < 4.78 is 2.21. The van der Waals surface area contributed by atoms with E-state index in [1.807, 2.05) is 18.3 Å². The zero-order valence-electron chi connectivity index (χ0n) is 11.1. The Bertz CT molecular complexity index is 564. The van der Waals surface area contributed by atoms with Crippen LogP contribution < -0.4 is 5.73 Å². The molecule has 4 heteroatoms. The van der Waals surface area contributed by atoms with Crippen molar-refractivity contribution in [3.8, 4) is 0 Å². The molecular formula is C14H20N4. The minimum atomic E-state index is -0.259. The number of aromatic nitrogens is 3. The summed E-state index contributed by atoms with van der Waals surface area (Å²) in [6.45, 7) is 4.33. The number of fused-ring (bicyclic) bond motifs is 1. The summed E-state index contributed by atoms with van der Waals surface area (Å²) in [6, 6.07) is 4.28. The van der Waals surface area contributed by atoms with E-state index >= 15 is 0 Å². The second kappa shape index (κ2) is 4.05. The monoisotopic (exact) mass is 244 g/mol. The Labute approximate surface area is 107 Å². The number of hydrogen-bond acceptors (Lipinski definition) is 3. The minimum absolute atomic E-state index is 0.259. The number of hydrogen-bond donors (Lipinski definition) is 1. The average molecular weight is 244 g/mol. The SMILES string of the molecule is CC(C)n1c(C2(N)CCCC2)nc2cccnc21. The van der Waals surface area contributed by atoms with Crippen molar-refractivity contribution in [3.63, 3.8) is 0 Å². The molecule has 1 aliphatic rings. The molecule has 0 saturated heterocycles. The smallest absolute Gasteiger partial charge is 0.160 e. The van der Waals surface area contributed by atoms with E-state index in [9.17, 15) is 0 Å². The second-order valence-corrected chi connectivity index (χ2v) is 5.61. The quantitative estimate of drug-likeness (QED) is 0.883. The van der Waals surface area contributed by atoms with E-state index in [4.69, 9.17) is 10.7 Å². The van der Waals surface area contributed by atoms with Crippen LogP contribution >= 0.6 is 0 Å². The Morgan fingerprint density at radius 1 is 1.33 bits per heavy atom. The third kappa shape index (κ3) is 1.63. The maximum absolute atomic E-state index is 6.57. The van der Waals surface area contributed by atoms with Crippen LogP contribution in [0.1, 0.15) is 51.4 Å². The van der Waals surface area contributed by atoms with Gasteiger partial charge >= 0.3 is 0 Å². The molecule has 0 unspecified atom stereocenters.